The zero-order valence-electron chi connectivity index (χ0n) is 10.3. The zero-order valence-corrected chi connectivity index (χ0v) is 10.3. The lowest BCUT2D eigenvalue weighted by Crippen LogP contribution is -2.30. The van der Waals surface area contributed by atoms with Gasteiger partial charge in [0.15, 0.2) is 0 Å². The Morgan fingerprint density at radius 1 is 1.38 bits per heavy atom. The molecule has 1 heterocycles. The molecule has 16 heavy (non-hydrogen) atoms. The number of carbonyl (C=O) groups excluding carboxylic acids is 1. The Morgan fingerprint density at radius 2 is 2.06 bits per heavy atom. The van der Waals surface area contributed by atoms with Gasteiger partial charge in [0.05, 0.1) is 6.54 Å². The average molecular weight is 222 g/mol. The van der Waals surface area contributed by atoms with E-state index in [2.05, 4.69) is 24.1 Å². The molecule has 90 valence electrons. The van der Waals surface area contributed by atoms with Gasteiger partial charge in [-0.1, -0.05) is 26.7 Å². The van der Waals surface area contributed by atoms with Crippen molar-refractivity contribution in [3.63, 3.8) is 0 Å². The van der Waals surface area contributed by atoms with Gasteiger partial charge < -0.3 is 10.3 Å². The molecule has 1 amide bonds. The van der Waals surface area contributed by atoms with E-state index in [-0.39, 0.29) is 11.8 Å². The molecular formula is C13H22N2O. The van der Waals surface area contributed by atoms with Gasteiger partial charge in [-0.05, 0) is 25.0 Å². The maximum absolute atomic E-state index is 11.9. The third-order valence-corrected chi connectivity index (χ3v) is 2.76. The normalized spacial score (nSPS) is 10.7. The lowest BCUT2D eigenvalue weighted by molar-refractivity contribution is -0.125. The van der Waals surface area contributed by atoms with Crippen molar-refractivity contribution in [3.05, 3.63) is 24.0 Å². The van der Waals surface area contributed by atoms with E-state index in [1.165, 1.54) is 0 Å². The van der Waals surface area contributed by atoms with Gasteiger partial charge in [-0.15, -0.1) is 0 Å². The fraction of sp³-hybridized carbons (Fsp3) is 0.615. The third-order valence-electron chi connectivity index (χ3n) is 2.76. The minimum atomic E-state index is 0.185. The van der Waals surface area contributed by atoms with Crippen molar-refractivity contribution >= 4 is 5.91 Å². The summed E-state index contributed by atoms with van der Waals surface area (Å²) in [6.45, 7) is 4.86. The first-order chi connectivity index (χ1) is 7.77. The number of aromatic amines is 1. The molecule has 0 saturated carbocycles. The second-order valence-corrected chi connectivity index (χ2v) is 4.19. The van der Waals surface area contributed by atoms with Gasteiger partial charge >= 0.3 is 0 Å². The number of rotatable bonds is 7. The summed E-state index contributed by atoms with van der Waals surface area (Å²) in [5.74, 6) is 0.378. The summed E-state index contributed by atoms with van der Waals surface area (Å²) >= 11 is 0. The average Bonchev–Trinajstić information content (AvgIpc) is 2.78. The van der Waals surface area contributed by atoms with Crippen LogP contribution in [0.5, 0.6) is 0 Å². The lowest BCUT2D eigenvalue weighted by Gasteiger charge is -2.14. The summed E-state index contributed by atoms with van der Waals surface area (Å²) in [4.78, 5) is 15.0. The largest absolute Gasteiger partial charge is 0.364 e. The van der Waals surface area contributed by atoms with Gasteiger partial charge in [0.2, 0.25) is 5.91 Å². The topological polar surface area (TPSA) is 44.9 Å². The van der Waals surface area contributed by atoms with Crippen LogP contribution in [-0.2, 0) is 11.3 Å². The van der Waals surface area contributed by atoms with E-state index in [9.17, 15) is 4.79 Å². The Hall–Kier alpha value is -1.25. The summed E-state index contributed by atoms with van der Waals surface area (Å²) in [6, 6.07) is 3.92. The zero-order chi connectivity index (χ0) is 11.8. The summed E-state index contributed by atoms with van der Waals surface area (Å²) in [5, 5.41) is 2.98. The van der Waals surface area contributed by atoms with Crippen molar-refractivity contribution in [2.75, 3.05) is 0 Å². The van der Waals surface area contributed by atoms with Gasteiger partial charge in [0, 0.05) is 17.8 Å². The highest BCUT2D eigenvalue weighted by Crippen LogP contribution is 2.13. The summed E-state index contributed by atoms with van der Waals surface area (Å²) in [7, 11) is 0. The van der Waals surface area contributed by atoms with Gasteiger partial charge in [-0.3, -0.25) is 4.79 Å². The quantitative estimate of drug-likeness (QED) is 0.732. The Bertz CT molecular complexity index is 287. The Kier molecular flexibility index (Phi) is 5.68. The van der Waals surface area contributed by atoms with Crippen molar-refractivity contribution in [1.29, 1.82) is 0 Å². The first kappa shape index (κ1) is 12.8. The van der Waals surface area contributed by atoms with Crippen LogP contribution in [0.4, 0.5) is 0 Å². The van der Waals surface area contributed by atoms with E-state index in [0.29, 0.717) is 6.54 Å². The highest BCUT2D eigenvalue weighted by molar-refractivity contribution is 5.78. The molecule has 0 radical (unpaired) electrons. The van der Waals surface area contributed by atoms with Crippen LogP contribution in [0.1, 0.15) is 45.2 Å². The fourth-order valence-electron chi connectivity index (χ4n) is 1.91. The number of H-pyrrole nitrogens is 1. The standard InChI is InChI=1S/C13H22N2O/c1-3-6-11(7-4-2)13(16)15-10-12-8-5-9-14-12/h5,8-9,11,14H,3-4,6-7,10H2,1-2H3,(H,15,16). The van der Waals surface area contributed by atoms with E-state index in [4.69, 9.17) is 0 Å². The van der Waals surface area contributed by atoms with Gasteiger partial charge in [0.1, 0.15) is 0 Å². The van der Waals surface area contributed by atoms with E-state index in [1.54, 1.807) is 0 Å². The van der Waals surface area contributed by atoms with Crippen LogP contribution >= 0.6 is 0 Å². The molecule has 0 atom stereocenters. The molecule has 1 rings (SSSR count). The maximum atomic E-state index is 11.9. The molecule has 0 aliphatic rings. The molecule has 0 fully saturated rings. The van der Waals surface area contributed by atoms with Crippen molar-refractivity contribution in [2.45, 2.75) is 46.1 Å². The number of carbonyl (C=O) groups is 1. The predicted octanol–water partition coefficient (Wildman–Crippen LogP) is 2.85. The summed E-state index contributed by atoms with van der Waals surface area (Å²) < 4.78 is 0. The molecule has 3 heteroatoms. The molecule has 0 aromatic carbocycles. The van der Waals surface area contributed by atoms with Crippen molar-refractivity contribution in [1.82, 2.24) is 10.3 Å². The number of amides is 1. The molecule has 0 unspecified atom stereocenters. The van der Waals surface area contributed by atoms with Crippen LogP contribution in [-0.4, -0.2) is 10.9 Å². The molecule has 2 N–H and O–H groups in total. The first-order valence-corrected chi connectivity index (χ1v) is 6.17. The molecule has 1 aromatic heterocycles. The fourth-order valence-corrected chi connectivity index (χ4v) is 1.91. The minimum absolute atomic E-state index is 0.185. The number of hydrogen-bond donors (Lipinski definition) is 2. The van der Waals surface area contributed by atoms with E-state index in [0.717, 1.165) is 31.4 Å². The molecule has 0 bridgehead atoms. The highest BCUT2D eigenvalue weighted by atomic mass is 16.1. The third kappa shape index (κ3) is 4.09. The second kappa shape index (κ2) is 7.09. The molecular weight excluding hydrogens is 200 g/mol. The van der Waals surface area contributed by atoms with Crippen LogP contribution < -0.4 is 5.32 Å². The van der Waals surface area contributed by atoms with Gasteiger partial charge in [0.25, 0.3) is 0 Å². The summed E-state index contributed by atoms with van der Waals surface area (Å²) in [5.41, 5.74) is 1.06. The van der Waals surface area contributed by atoms with Crippen molar-refractivity contribution < 1.29 is 4.79 Å². The van der Waals surface area contributed by atoms with Crippen LogP contribution in [0.25, 0.3) is 0 Å². The number of nitrogens with one attached hydrogen (secondary N) is 2. The highest BCUT2D eigenvalue weighted by Gasteiger charge is 2.15. The number of hydrogen-bond acceptors (Lipinski definition) is 1. The van der Waals surface area contributed by atoms with E-state index < -0.39 is 0 Å². The SMILES string of the molecule is CCCC(CCC)C(=O)NCc1ccc[nH]1. The van der Waals surface area contributed by atoms with Gasteiger partial charge in [-0.25, -0.2) is 0 Å². The Morgan fingerprint density at radius 3 is 2.56 bits per heavy atom. The molecule has 0 aliphatic heterocycles. The smallest absolute Gasteiger partial charge is 0.223 e. The van der Waals surface area contributed by atoms with Crippen LogP contribution in [0, 0.1) is 5.92 Å². The van der Waals surface area contributed by atoms with E-state index in [1.807, 2.05) is 18.3 Å². The van der Waals surface area contributed by atoms with Crippen molar-refractivity contribution in [2.24, 2.45) is 5.92 Å². The Balaban J connectivity index is 2.36. The predicted molar refractivity (Wildman–Crippen MR) is 65.9 cm³/mol. The first-order valence-electron chi connectivity index (χ1n) is 6.17. The number of aromatic nitrogens is 1. The molecule has 1 aromatic rings. The monoisotopic (exact) mass is 222 g/mol. The molecule has 0 aliphatic carbocycles. The molecule has 0 spiro atoms. The van der Waals surface area contributed by atoms with E-state index >= 15 is 0 Å². The Labute approximate surface area is 97.6 Å². The van der Waals surface area contributed by atoms with Crippen molar-refractivity contribution in [3.8, 4) is 0 Å². The van der Waals surface area contributed by atoms with Crippen LogP contribution in [0.15, 0.2) is 18.3 Å². The maximum Gasteiger partial charge on any atom is 0.223 e. The molecule has 3 nitrogen and oxygen atoms in total. The van der Waals surface area contributed by atoms with Crippen LogP contribution in [0.3, 0.4) is 0 Å². The molecule has 0 saturated heterocycles. The van der Waals surface area contributed by atoms with Gasteiger partial charge in [-0.2, -0.15) is 0 Å². The lowest BCUT2D eigenvalue weighted by atomic mass is 9.97. The second-order valence-electron chi connectivity index (χ2n) is 4.19. The minimum Gasteiger partial charge on any atom is -0.364 e. The summed E-state index contributed by atoms with van der Waals surface area (Å²) in [6.07, 6.45) is 5.99. The van der Waals surface area contributed by atoms with Crippen LogP contribution in [0.2, 0.25) is 0 Å².